The van der Waals surface area contributed by atoms with E-state index in [2.05, 4.69) is 30.9 Å². The van der Waals surface area contributed by atoms with E-state index in [-0.39, 0.29) is 29.0 Å². The number of esters is 1. The Kier molecular flexibility index (Phi) is 8.34. The van der Waals surface area contributed by atoms with Crippen molar-refractivity contribution in [2.45, 2.75) is 31.8 Å². The average molecular weight is 446 g/mol. The number of β-lactam (4-membered cyclic amide) rings is 1. The normalized spacial score (nSPS) is 18.3. The lowest BCUT2D eigenvalue weighted by Crippen LogP contribution is -2.72. The largest absolute Gasteiger partial charge is 0.464 e. The Morgan fingerprint density at radius 3 is 2.79 bits per heavy atom. The number of nitrogens with zero attached hydrogens (tertiary/aromatic N) is 2. The Hall–Kier alpha value is -2.73. The topological polar surface area (TPSA) is 148 Å². The van der Waals surface area contributed by atoms with Crippen molar-refractivity contribution in [2.24, 2.45) is 5.16 Å². The van der Waals surface area contributed by atoms with Gasteiger partial charge in [-0.15, -0.1) is 22.9 Å². The van der Waals surface area contributed by atoms with Gasteiger partial charge in [-0.2, -0.15) is 0 Å². The van der Waals surface area contributed by atoms with Crippen LogP contribution in [0.4, 0.5) is 5.13 Å². The minimum Gasteiger partial charge on any atom is -0.464 e. The summed E-state index contributed by atoms with van der Waals surface area (Å²) in [5, 5.41) is 12.6. The third kappa shape index (κ3) is 5.87. The highest BCUT2D eigenvalue weighted by Crippen LogP contribution is 2.17. The van der Waals surface area contributed by atoms with Gasteiger partial charge in [0.2, 0.25) is 11.8 Å². The van der Waals surface area contributed by atoms with Crippen molar-refractivity contribution in [1.29, 1.82) is 0 Å². The number of rotatable bonds is 10. The summed E-state index contributed by atoms with van der Waals surface area (Å²) in [6.07, 6.45) is 1.54. The number of alkyl halides is 1. The molecule has 0 aliphatic carbocycles. The number of oxime groups is 1. The van der Waals surface area contributed by atoms with Crippen LogP contribution in [0.2, 0.25) is 0 Å². The monoisotopic (exact) mass is 445 g/mol. The zero-order valence-corrected chi connectivity index (χ0v) is 17.3. The molecular weight excluding hydrogens is 426 g/mol. The van der Waals surface area contributed by atoms with E-state index in [0.717, 1.165) is 17.8 Å². The maximum Gasteiger partial charge on any atom is 0.331 e. The number of thiazole rings is 1. The second-order valence-corrected chi connectivity index (χ2v) is 6.93. The molecule has 0 bridgehead atoms. The number of amides is 3. The van der Waals surface area contributed by atoms with Crippen molar-refractivity contribution in [3.63, 3.8) is 0 Å². The van der Waals surface area contributed by atoms with Crippen molar-refractivity contribution < 1.29 is 28.8 Å². The number of halogens is 1. The van der Waals surface area contributed by atoms with E-state index in [1.807, 2.05) is 6.92 Å². The van der Waals surface area contributed by atoms with Crippen molar-refractivity contribution >= 4 is 57.5 Å². The van der Waals surface area contributed by atoms with Gasteiger partial charge in [0.05, 0.1) is 6.61 Å². The molecule has 0 saturated carbocycles. The minimum atomic E-state index is -1.10. The molecule has 2 atom stereocenters. The van der Waals surface area contributed by atoms with E-state index in [9.17, 15) is 19.2 Å². The molecule has 0 unspecified atom stereocenters. The quantitative estimate of drug-likeness (QED) is 0.115. The summed E-state index contributed by atoms with van der Waals surface area (Å²) in [4.78, 5) is 56.5. The molecule has 11 nitrogen and oxygen atoms in total. The first-order chi connectivity index (χ1) is 13.9. The van der Waals surface area contributed by atoms with Crippen molar-refractivity contribution in [3.05, 3.63) is 11.1 Å². The lowest BCUT2D eigenvalue weighted by atomic mass is 9.98. The molecule has 1 aromatic rings. The molecule has 1 aliphatic rings. The van der Waals surface area contributed by atoms with E-state index in [1.165, 1.54) is 12.5 Å². The molecule has 0 aromatic carbocycles. The Bertz CT molecular complexity index is 813. The van der Waals surface area contributed by atoms with E-state index in [0.29, 0.717) is 6.42 Å². The van der Waals surface area contributed by atoms with Crippen molar-refractivity contribution in [2.75, 3.05) is 24.9 Å². The molecule has 0 spiro atoms. The summed E-state index contributed by atoms with van der Waals surface area (Å²) in [5.41, 5.74) is -0.117. The van der Waals surface area contributed by atoms with Crippen LogP contribution >= 0.6 is 22.9 Å². The zero-order chi connectivity index (χ0) is 21.4. The molecule has 3 amide bonds. The van der Waals surface area contributed by atoms with Crippen LogP contribution in [-0.2, 0) is 28.8 Å². The number of ether oxygens (including phenoxy) is 1. The van der Waals surface area contributed by atoms with Crippen LogP contribution in [0, 0.1) is 0 Å². The molecule has 1 aliphatic heterocycles. The van der Waals surface area contributed by atoms with Gasteiger partial charge in [-0.3, -0.25) is 14.4 Å². The highest BCUT2D eigenvalue weighted by molar-refractivity contribution is 7.14. The Morgan fingerprint density at radius 2 is 2.17 bits per heavy atom. The molecule has 29 heavy (non-hydrogen) atoms. The van der Waals surface area contributed by atoms with Gasteiger partial charge in [-0.25, -0.2) is 9.78 Å². The van der Waals surface area contributed by atoms with Gasteiger partial charge in [0.1, 0.15) is 24.7 Å². The lowest BCUT2D eigenvalue weighted by Gasteiger charge is -2.34. The highest BCUT2D eigenvalue weighted by atomic mass is 35.5. The first-order valence-electron chi connectivity index (χ1n) is 8.62. The van der Waals surface area contributed by atoms with E-state index < -0.39 is 35.8 Å². The van der Waals surface area contributed by atoms with Crippen LogP contribution in [0.15, 0.2) is 10.5 Å². The summed E-state index contributed by atoms with van der Waals surface area (Å²) in [6, 6.07) is -2.09. The number of carbonyl (C=O) groups excluding carboxylic acids is 4. The SMILES string of the molecule is CCCCOC(=O)[C@H]1NC(=O)[C@H]1NC(=O)C(=NOC)c1csc(NC(=O)CCl)n1. The van der Waals surface area contributed by atoms with Crippen LogP contribution in [-0.4, -0.2) is 66.1 Å². The van der Waals surface area contributed by atoms with E-state index in [4.69, 9.17) is 16.3 Å². The molecule has 1 fully saturated rings. The number of hydrogen-bond donors (Lipinski definition) is 3. The van der Waals surface area contributed by atoms with Crippen molar-refractivity contribution in [1.82, 2.24) is 15.6 Å². The lowest BCUT2D eigenvalue weighted by molar-refractivity contribution is -0.156. The molecule has 2 rings (SSSR count). The summed E-state index contributed by atoms with van der Waals surface area (Å²) < 4.78 is 5.07. The Morgan fingerprint density at radius 1 is 1.41 bits per heavy atom. The standard InChI is InChI=1S/C16H20ClN5O6S/c1-3-4-5-28-15(26)12-11(14(25)21-12)20-13(24)10(22-27-2)8-7-29-16(18-8)19-9(23)6-17/h7,11-12H,3-6H2,1-2H3,(H,20,24)(H,21,25)(H,18,19,23)/t11-,12-/m0/s1. The van der Waals surface area contributed by atoms with Gasteiger partial charge in [0, 0.05) is 5.38 Å². The second-order valence-electron chi connectivity index (χ2n) is 5.80. The maximum atomic E-state index is 12.6. The highest BCUT2D eigenvalue weighted by Gasteiger charge is 2.46. The van der Waals surface area contributed by atoms with Crippen molar-refractivity contribution in [3.8, 4) is 0 Å². The molecular formula is C16H20ClN5O6S. The number of hydrogen-bond acceptors (Lipinski definition) is 9. The molecule has 1 saturated heterocycles. The van der Waals surface area contributed by atoms with Crippen LogP contribution in [0.3, 0.4) is 0 Å². The number of carbonyl (C=O) groups is 4. The first kappa shape index (κ1) is 22.6. The molecule has 3 N–H and O–H groups in total. The molecule has 2 heterocycles. The van der Waals surface area contributed by atoms with Gasteiger partial charge in [0.15, 0.2) is 16.9 Å². The van der Waals surface area contributed by atoms with Gasteiger partial charge in [-0.05, 0) is 6.42 Å². The van der Waals surface area contributed by atoms with Gasteiger partial charge in [-0.1, -0.05) is 18.5 Å². The minimum absolute atomic E-state index is 0.112. The van der Waals surface area contributed by atoms with Gasteiger partial charge < -0.3 is 25.5 Å². The fourth-order valence-electron chi connectivity index (χ4n) is 2.23. The number of unbranched alkanes of at least 4 members (excludes halogenated alkanes) is 1. The van der Waals surface area contributed by atoms with Crippen LogP contribution in [0.1, 0.15) is 25.5 Å². The number of anilines is 1. The Labute approximate surface area is 175 Å². The van der Waals surface area contributed by atoms with Crippen LogP contribution in [0.5, 0.6) is 0 Å². The maximum absolute atomic E-state index is 12.6. The molecule has 158 valence electrons. The van der Waals surface area contributed by atoms with Crippen LogP contribution < -0.4 is 16.0 Å². The predicted octanol–water partition coefficient (Wildman–Crippen LogP) is -0.00260. The fourth-order valence-corrected chi connectivity index (χ4v) is 3.01. The summed E-state index contributed by atoms with van der Waals surface area (Å²) in [5.74, 6) is -2.65. The predicted molar refractivity (Wildman–Crippen MR) is 105 cm³/mol. The fraction of sp³-hybridized carbons (Fsp3) is 0.500. The van der Waals surface area contributed by atoms with E-state index in [1.54, 1.807) is 0 Å². The number of nitrogens with one attached hydrogen (secondary N) is 3. The van der Waals surface area contributed by atoms with Gasteiger partial charge in [0.25, 0.3) is 5.91 Å². The summed E-state index contributed by atoms with van der Waals surface area (Å²) in [7, 11) is 1.24. The third-order valence-corrected chi connectivity index (χ3v) is 4.71. The van der Waals surface area contributed by atoms with E-state index >= 15 is 0 Å². The van der Waals surface area contributed by atoms with Gasteiger partial charge >= 0.3 is 5.97 Å². The van der Waals surface area contributed by atoms with Crippen LogP contribution in [0.25, 0.3) is 0 Å². The second kappa shape index (κ2) is 10.7. The molecule has 1 aromatic heterocycles. The molecule has 0 radical (unpaired) electrons. The number of aromatic nitrogens is 1. The molecule has 13 heteroatoms. The Balaban J connectivity index is 2.05. The summed E-state index contributed by atoms with van der Waals surface area (Å²) >= 11 is 6.47. The smallest absolute Gasteiger partial charge is 0.331 e. The summed E-state index contributed by atoms with van der Waals surface area (Å²) in [6.45, 7) is 2.18. The third-order valence-electron chi connectivity index (χ3n) is 3.71. The first-order valence-corrected chi connectivity index (χ1v) is 10.0. The average Bonchev–Trinajstić information content (AvgIpc) is 3.15. The zero-order valence-electron chi connectivity index (χ0n) is 15.7.